The van der Waals surface area contributed by atoms with Crippen molar-refractivity contribution in [1.82, 2.24) is 4.90 Å². The van der Waals surface area contributed by atoms with E-state index in [4.69, 9.17) is 18.9 Å². The minimum atomic E-state index is -1.01. The fraction of sp³-hybridized carbons (Fsp3) is 0.860. The number of fused-ring (bicyclic) bond motifs is 4. The zero-order valence-corrected chi connectivity index (χ0v) is 32.3. The van der Waals surface area contributed by atoms with Gasteiger partial charge in [-0.1, -0.05) is 65.0 Å². The molecule has 0 unspecified atom stereocenters. The molecule has 0 aromatic heterocycles. The Hall–Kier alpha value is -1.06. The number of aliphatic hydroxyl groups is 2. The Balaban J connectivity index is 1.00. The van der Waals surface area contributed by atoms with E-state index in [0.717, 1.165) is 39.1 Å². The Morgan fingerprint density at radius 1 is 1.00 bits per heavy atom. The van der Waals surface area contributed by atoms with Gasteiger partial charge >= 0.3 is 0 Å². The lowest BCUT2D eigenvalue weighted by Gasteiger charge is -2.64. The normalized spacial score (nSPS) is 48.8. The number of hydrogen-bond donors (Lipinski definition) is 2. The van der Waals surface area contributed by atoms with Crippen molar-refractivity contribution in [3.63, 3.8) is 0 Å². The van der Waals surface area contributed by atoms with Gasteiger partial charge in [-0.3, -0.25) is 4.90 Å². The van der Waals surface area contributed by atoms with Crippen molar-refractivity contribution in [1.29, 1.82) is 0 Å². The lowest BCUT2D eigenvalue weighted by molar-refractivity contribution is -0.249. The molecule has 8 rings (SSSR count). The van der Waals surface area contributed by atoms with Gasteiger partial charge in [-0.2, -0.15) is 0 Å². The van der Waals surface area contributed by atoms with E-state index in [-0.39, 0.29) is 40.8 Å². The highest BCUT2D eigenvalue weighted by atomic mass is 16.7. The van der Waals surface area contributed by atoms with Crippen LogP contribution in [0.5, 0.6) is 0 Å². The Kier molecular flexibility index (Phi) is 8.79. The average molecular weight is 694 g/mol. The SMILES string of the molecule is CCO[C@@H]([C@H]1C[C@@H](C)[C@H]2[C@H](O1)[C@H](O)[C@@]1(C)[C@@H]3CC[C@H]4C(C)(C)[C@@H](O[C@H]5CN(Cc6ccccc6)CCO5)CC[C@@]45C[C@@]35CC[C@]21C)C(C)(C)O. The highest BCUT2D eigenvalue weighted by Gasteiger charge is 2.84. The molecular formula is C43H67NO6. The Morgan fingerprint density at radius 3 is 2.44 bits per heavy atom. The molecule has 7 aliphatic rings. The number of aliphatic hydroxyl groups excluding tert-OH is 1. The van der Waals surface area contributed by atoms with Gasteiger partial charge in [0.1, 0.15) is 6.10 Å². The number of rotatable bonds is 8. The maximum absolute atomic E-state index is 12.6. The molecular weight excluding hydrogens is 626 g/mol. The van der Waals surface area contributed by atoms with Crippen molar-refractivity contribution in [2.45, 2.75) is 156 Å². The van der Waals surface area contributed by atoms with Crippen molar-refractivity contribution in [2.75, 3.05) is 26.3 Å². The topological polar surface area (TPSA) is 80.6 Å². The predicted octanol–water partition coefficient (Wildman–Crippen LogP) is 7.22. The second kappa shape index (κ2) is 12.2. The van der Waals surface area contributed by atoms with Gasteiger partial charge in [0.15, 0.2) is 6.29 Å². The monoisotopic (exact) mass is 693 g/mol. The Morgan fingerprint density at radius 2 is 1.72 bits per heavy atom. The van der Waals surface area contributed by atoms with Crippen LogP contribution in [-0.2, 0) is 25.5 Å². The van der Waals surface area contributed by atoms with Crippen LogP contribution in [0.4, 0.5) is 0 Å². The van der Waals surface area contributed by atoms with Gasteiger partial charge in [-0.25, -0.2) is 0 Å². The largest absolute Gasteiger partial charge is 0.390 e. The summed E-state index contributed by atoms with van der Waals surface area (Å²) in [6.07, 6.45) is 7.98. The molecule has 2 saturated heterocycles. The fourth-order valence-electron chi connectivity index (χ4n) is 14.6. The van der Waals surface area contributed by atoms with Crippen molar-refractivity contribution < 1.29 is 29.2 Å². The summed E-state index contributed by atoms with van der Waals surface area (Å²) in [5, 5.41) is 23.7. The summed E-state index contributed by atoms with van der Waals surface area (Å²) < 4.78 is 26.4. The molecule has 0 radical (unpaired) electrons. The second-order valence-corrected chi connectivity index (χ2v) is 19.7. The molecule has 0 amide bonds. The third kappa shape index (κ3) is 5.06. The van der Waals surface area contributed by atoms with Crippen molar-refractivity contribution in [3.05, 3.63) is 35.9 Å². The number of ether oxygens (including phenoxy) is 4. The number of nitrogens with zero attached hydrogens (tertiary/aromatic N) is 1. The van der Waals surface area contributed by atoms with Gasteiger partial charge in [-0.15, -0.1) is 0 Å². The van der Waals surface area contributed by atoms with E-state index in [1.807, 2.05) is 20.8 Å². The minimum Gasteiger partial charge on any atom is -0.390 e. The molecule has 2 N–H and O–H groups in total. The highest BCUT2D eigenvalue weighted by molar-refractivity contribution is 5.33. The molecule has 50 heavy (non-hydrogen) atoms. The van der Waals surface area contributed by atoms with E-state index in [2.05, 4.69) is 69.9 Å². The molecule has 280 valence electrons. The fourth-order valence-corrected chi connectivity index (χ4v) is 14.6. The minimum absolute atomic E-state index is 0.0175. The first-order valence-electron chi connectivity index (χ1n) is 20.3. The van der Waals surface area contributed by atoms with Crippen molar-refractivity contribution in [2.24, 2.45) is 50.7 Å². The highest BCUT2D eigenvalue weighted by Crippen LogP contribution is 2.89. The van der Waals surface area contributed by atoms with Crippen LogP contribution in [0, 0.1) is 50.7 Å². The second-order valence-electron chi connectivity index (χ2n) is 19.7. The van der Waals surface area contributed by atoms with Gasteiger partial charge < -0.3 is 29.2 Å². The van der Waals surface area contributed by atoms with Crippen LogP contribution >= 0.6 is 0 Å². The van der Waals surface area contributed by atoms with Crippen LogP contribution in [0.1, 0.15) is 112 Å². The van der Waals surface area contributed by atoms with E-state index in [9.17, 15) is 10.2 Å². The third-order valence-electron chi connectivity index (χ3n) is 16.8. The van der Waals surface area contributed by atoms with E-state index in [1.165, 1.54) is 44.1 Å². The summed E-state index contributed by atoms with van der Waals surface area (Å²) in [5.41, 5.74) is 0.862. The van der Waals surface area contributed by atoms with Crippen LogP contribution in [-0.4, -0.2) is 83.8 Å². The zero-order valence-electron chi connectivity index (χ0n) is 32.3. The predicted molar refractivity (Wildman–Crippen MR) is 194 cm³/mol. The number of benzene rings is 1. The molecule has 7 heteroatoms. The molecule has 2 aliphatic heterocycles. The first-order valence-corrected chi connectivity index (χ1v) is 20.3. The molecule has 0 bridgehead atoms. The number of hydrogen-bond acceptors (Lipinski definition) is 7. The average Bonchev–Trinajstić information content (AvgIpc) is 3.70. The molecule has 5 aliphatic carbocycles. The van der Waals surface area contributed by atoms with Crippen LogP contribution in [0.3, 0.4) is 0 Å². The molecule has 1 aromatic rings. The lowest BCUT2D eigenvalue weighted by Crippen LogP contribution is -2.60. The summed E-state index contributed by atoms with van der Waals surface area (Å²) in [5.74, 6) is 1.82. The van der Waals surface area contributed by atoms with Crippen molar-refractivity contribution in [3.8, 4) is 0 Å². The molecule has 1 aromatic carbocycles. The van der Waals surface area contributed by atoms with E-state index < -0.39 is 17.8 Å². The standard InChI is InChI=1S/C43H67NO6/c1-9-47-37(39(5,6)46)29-23-27(2)34-35(49-29)36(45)41(8)31-16-15-30-38(3,4)32(17-18-42(30)26-43(31,42)20-19-40(34,41)7)50-33-25-44(21-22-48-33)24-28-13-11-10-12-14-28/h10-14,27,29-37,45-46H,9,15-26H2,1-8H3/t27-,29-,30+,31+,32+,33+,34+,35+,36+,37+,40-,41-,42-,43+/m1/s1. The van der Waals surface area contributed by atoms with Crippen molar-refractivity contribution >= 4 is 0 Å². The molecule has 2 heterocycles. The van der Waals surface area contributed by atoms with Crippen LogP contribution in [0.25, 0.3) is 0 Å². The van der Waals surface area contributed by atoms with E-state index in [1.54, 1.807) is 0 Å². The quantitative estimate of drug-likeness (QED) is 0.298. The van der Waals surface area contributed by atoms with Crippen LogP contribution in [0.2, 0.25) is 0 Å². The zero-order chi connectivity index (χ0) is 35.5. The molecule has 7 nitrogen and oxygen atoms in total. The smallest absolute Gasteiger partial charge is 0.170 e. The summed E-state index contributed by atoms with van der Waals surface area (Å²) in [7, 11) is 0. The first-order chi connectivity index (χ1) is 23.6. The van der Waals surface area contributed by atoms with Crippen LogP contribution < -0.4 is 0 Å². The third-order valence-corrected chi connectivity index (χ3v) is 16.8. The summed E-state index contributed by atoms with van der Waals surface area (Å²) in [4.78, 5) is 2.49. The maximum Gasteiger partial charge on any atom is 0.170 e. The van der Waals surface area contributed by atoms with E-state index in [0.29, 0.717) is 41.1 Å². The lowest BCUT2D eigenvalue weighted by atomic mass is 9.41. The van der Waals surface area contributed by atoms with Gasteiger partial charge in [0, 0.05) is 31.7 Å². The summed E-state index contributed by atoms with van der Waals surface area (Å²) in [6.45, 7) is 22.0. The van der Waals surface area contributed by atoms with E-state index >= 15 is 0 Å². The van der Waals surface area contributed by atoms with Gasteiger partial charge in [0.25, 0.3) is 0 Å². The van der Waals surface area contributed by atoms with Gasteiger partial charge in [0.2, 0.25) is 0 Å². The van der Waals surface area contributed by atoms with Crippen LogP contribution in [0.15, 0.2) is 30.3 Å². The molecule has 2 spiro atoms. The summed E-state index contributed by atoms with van der Waals surface area (Å²) in [6, 6.07) is 10.8. The number of morpholine rings is 1. The molecule has 7 fully saturated rings. The molecule has 14 atom stereocenters. The first kappa shape index (κ1) is 35.9. The van der Waals surface area contributed by atoms with Gasteiger partial charge in [-0.05, 0) is 123 Å². The maximum atomic E-state index is 12.6. The Bertz CT molecular complexity index is 1400. The summed E-state index contributed by atoms with van der Waals surface area (Å²) >= 11 is 0. The molecule has 5 saturated carbocycles. The Labute approximate surface area is 302 Å². The van der Waals surface area contributed by atoms with Gasteiger partial charge in [0.05, 0.1) is 36.6 Å².